The van der Waals surface area contributed by atoms with Gasteiger partial charge in [-0.3, -0.25) is 4.79 Å². The van der Waals surface area contributed by atoms with E-state index in [9.17, 15) is 9.90 Å². The van der Waals surface area contributed by atoms with Crippen molar-refractivity contribution in [2.24, 2.45) is 0 Å². The van der Waals surface area contributed by atoms with Gasteiger partial charge in [0.25, 0.3) is 0 Å². The highest BCUT2D eigenvalue weighted by Crippen LogP contribution is 2.25. The van der Waals surface area contributed by atoms with E-state index in [1.165, 1.54) is 13.2 Å². The molecule has 0 aromatic rings. The van der Waals surface area contributed by atoms with E-state index < -0.39 is 30.9 Å². The fraction of sp³-hybridized carbons (Fsp3) is 0.769. The van der Waals surface area contributed by atoms with E-state index in [4.69, 9.17) is 18.9 Å². The van der Waals surface area contributed by atoms with E-state index >= 15 is 0 Å². The fourth-order valence-electron chi connectivity index (χ4n) is 2.22. The minimum absolute atomic E-state index is 0.0900. The Morgan fingerprint density at radius 3 is 2.68 bits per heavy atom. The lowest BCUT2D eigenvalue weighted by Crippen LogP contribution is -2.50. The third-order valence-electron chi connectivity index (χ3n) is 3.35. The number of rotatable bonds is 3. The molecule has 0 bridgehead atoms. The number of hydrogen-bond donors (Lipinski definition) is 1. The summed E-state index contributed by atoms with van der Waals surface area (Å²) in [7, 11) is 1.53. The van der Waals surface area contributed by atoms with E-state index in [2.05, 4.69) is 0 Å². The summed E-state index contributed by atoms with van der Waals surface area (Å²) in [4.78, 5) is 11.3. The Kier molecular flexibility index (Phi) is 4.70. The van der Waals surface area contributed by atoms with Crippen LogP contribution < -0.4 is 0 Å². The highest BCUT2D eigenvalue weighted by molar-refractivity contribution is 5.93. The van der Waals surface area contributed by atoms with Crippen LogP contribution in [0.2, 0.25) is 0 Å². The van der Waals surface area contributed by atoms with Gasteiger partial charge < -0.3 is 24.1 Å². The summed E-state index contributed by atoms with van der Waals surface area (Å²) in [6.07, 6.45) is 0.209. The number of carbonyl (C=O) groups is 1. The van der Waals surface area contributed by atoms with Gasteiger partial charge in [-0.15, -0.1) is 0 Å². The smallest absolute Gasteiger partial charge is 0.184 e. The molecule has 2 heterocycles. The summed E-state index contributed by atoms with van der Waals surface area (Å²) in [5, 5.41) is 10.1. The molecule has 1 N–H and O–H groups in total. The average molecular weight is 272 g/mol. The van der Waals surface area contributed by atoms with Crippen molar-refractivity contribution in [2.75, 3.05) is 7.11 Å². The van der Waals surface area contributed by atoms with Gasteiger partial charge in [-0.2, -0.15) is 0 Å². The van der Waals surface area contributed by atoms with Crippen LogP contribution in [0.15, 0.2) is 12.2 Å². The SMILES string of the molecule is CO[C@@H]1C[C@H](O)[C@H](O[C@H]2C=CC(=O)[C@H](C)O2)[C@@H](C)O1. The molecule has 0 aromatic carbocycles. The predicted molar refractivity (Wildman–Crippen MR) is 65.3 cm³/mol. The van der Waals surface area contributed by atoms with Crippen LogP contribution in [0.4, 0.5) is 0 Å². The first-order valence-corrected chi connectivity index (χ1v) is 6.40. The van der Waals surface area contributed by atoms with Crippen molar-refractivity contribution in [3.05, 3.63) is 12.2 Å². The molecular weight excluding hydrogens is 252 g/mol. The second kappa shape index (κ2) is 6.11. The molecule has 0 saturated carbocycles. The molecule has 0 spiro atoms. The molecule has 1 fully saturated rings. The standard InChI is InChI=1S/C13H20O6/c1-7-9(14)4-5-11(17-7)19-13-8(2)18-12(16-3)6-10(13)15/h4-5,7-8,10-13,15H,6H2,1-3H3/t7-,8+,10-,11-,12-,13+/m0/s1. The average Bonchev–Trinajstić information content (AvgIpc) is 2.37. The number of methoxy groups -OCH3 is 1. The van der Waals surface area contributed by atoms with Gasteiger partial charge in [0.15, 0.2) is 18.4 Å². The third kappa shape index (κ3) is 3.40. The van der Waals surface area contributed by atoms with Gasteiger partial charge in [0.1, 0.15) is 12.2 Å². The number of hydrogen-bond acceptors (Lipinski definition) is 6. The molecule has 6 heteroatoms. The monoisotopic (exact) mass is 272 g/mol. The Bertz CT molecular complexity index is 343. The molecule has 0 aliphatic carbocycles. The first-order valence-electron chi connectivity index (χ1n) is 6.40. The second-order valence-corrected chi connectivity index (χ2v) is 4.82. The van der Waals surface area contributed by atoms with E-state index in [1.807, 2.05) is 0 Å². The number of ketones is 1. The summed E-state index contributed by atoms with van der Waals surface area (Å²) >= 11 is 0. The summed E-state index contributed by atoms with van der Waals surface area (Å²) < 4.78 is 21.7. The maximum atomic E-state index is 11.3. The van der Waals surface area contributed by atoms with Crippen molar-refractivity contribution in [2.45, 2.75) is 57.3 Å². The Labute approximate surface area is 112 Å². The maximum absolute atomic E-state index is 11.3. The Morgan fingerprint density at radius 1 is 1.37 bits per heavy atom. The van der Waals surface area contributed by atoms with E-state index in [1.54, 1.807) is 19.9 Å². The number of aliphatic hydroxyl groups is 1. The van der Waals surface area contributed by atoms with Gasteiger partial charge in [-0.05, 0) is 26.0 Å². The first-order chi connectivity index (χ1) is 9.01. The van der Waals surface area contributed by atoms with Crippen LogP contribution in [0.3, 0.4) is 0 Å². The molecule has 2 aliphatic heterocycles. The highest BCUT2D eigenvalue weighted by atomic mass is 16.7. The lowest BCUT2D eigenvalue weighted by molar-refractivity contribution is -0.276. The summed E-state index contributed by atoms with van der Waals surface area (Å²) in [5.41, 5.74) is 0. The Hall–Kier alpha value is -0.790. The third-order valence-corrected chi connectivity index (χ3v) is 3.35. The minimum atomic E-state index is -0.696. The van der Waals surface area contributed by atoms with Crippen molar-refractivity contribution in [1.82, 2.24) is 0 Å². The lowest BCUT2D eigenvalue weighted by atomic mass is 10.0. The first kappa shape index (κ1) is 14.6. The number of aliphatic hydroxyl groups excluding tert-OH is 1. The van der Waals surface area contributed by atoms with Crippen LogP contribution in [-0.4, -0.2) is 55.0 Å². The van der Waals surface area contributed by atoms with Gasteiger partial charge in [0.05, 0.1) is 12.2 Å². The van der Waals surface area contributed by atoms with Crippen molar-refractivity contribution in [3.63, 3.8) is 0 Å². The normalized spacial score (nSPS) is 43.5. The zero-order valence-electron chi connectivity index (χ0n) is 11.3. The van der Waals surface area contributed by atoms with Crippen molar-refractivity contribution >= 4 is 5.78 Å². The summed E-state index contributed by atoms with van der Waals surface area (Å²) in [6.45, 7) is 3.47. The topological polar surface area (TPSA) is 74.2 Å². The molecule has 0 radical (unpaired) electrons. The molecule has 0 amide bonds. The molecule has 19 heavy (non-hydrogen) atoms. The van der Waals surface area contributed by atoms with Gasteiger partial charge in [0, 0.05) is 13.5 Å². The fourth-order valence-corrected chi connectivity index (χ4v) is 2.22. The van der Waals surface area contributed by atoms with Crippen LogP contribution in [-0.2, 0) is 23.7 Å². The quantitative estimate of drug-likeness (QED) is 0.801. The Balaban J connectivity index is 1.95. The molecule has 2 rings (SSSR count). The van der Waals surface area contributed by atoms with Crippen molar-refractivity contribution < 1.29 is 28.8 Å². The van der Waals surface area contributed by atoms with Crippen LogP contribution in [0.5, 0.6) is 0 Å². The zero-order valence-corrected chi connectivity index (χ0v) is 11.3. The minimum Gasteiger partial charge on any atom is -0.390 e. The molecule has 0 aromatic heterocycles. The molecule has 2 aliphatic rings. The van der Waals surface area contributed by atoms with E-state index in [-0.39, 0.29) is 11.9 Å². The molecule has 1 saturated heterocycles. The largest absolute Gasteiger partial charge is 0.390 e. The molecule has 6 nitrogen and oxygen atoms in total. The molecule has 0 unspecified atom stereocenters. The van der Waals surface area contributed by atoms with Crippen LogP contribution in [0.1, 0.15) is 20.3 Å². The Morgan fingerprint density at radius 2 is 2.11 bits per heavy atom. The summed E-state index contributed by atoms with van der Waals surface area (Å²) in [6, 6.07) is 0. The molecular formula is C13H20O6. The van der Waals surface area contributed by atoms with Crippen molar-refractivity contribution in [3.8, 4) is 0 Å². The number of carbonyl (C=O) groups excluding carboxylic acids is 1. The predicted octanol–water partition coefficient (Wildman–Crippen LogP) is 0.384. The van der Waals surface area contributed by atoms with Gasteiger partial charge in [0.2, 0.25) is 0 Å². The van der Waals surface area contributed by atoms with Gasteiger partial charge >= 0.3 is 0 Å². The van der Waals surface area contributed by atoms with Crippen LogP contribution in [0, 0.1) is 0 Å². The maximum Gasteiger partial charge on any atom is 0.184 e. The zero-order chi connectivity index (χ0) is 14.0. The van der Waals surface area contributed by atoms with Crippen LogP contribution in [0.25, 0.3) is 0 Å². The van der Waals surface area contributed by atoms with Gasteiger partial charge in [-0.1, -0.05) is 0 Å². The van der Waals surface area contributed by atoms with Crippen LogP contribution >= 0.6 is 0 Å². The van der Waals surface area contributed by atoms with Crippen molar-refractivity contribution in [1.29, 1.82) is 0 Å². The number of ether oxygens (including phenoxy) is 4. The second-order valence-electron chi connectivity index (χ2n) is 4.82. The summed E-state index contributed by atoms with van der Waals surface area (Å²) in [5.74, 6) is -0.0900. The highest BCUT2D eigenvalue weighted by Gasteiger charge is 2.38. The molecule has 108 valence electrons. The lowest BCUT2D eigenvalue weighted by Gasteiger charge is -2.39. The molecule has 6 atom stereocenters. The van der Waals surface area contributed by atoms with E-state index in [0.29, 0.717) is 6.42 Å². The van der Waals surface area contributed by atoms with E-state index in [0.717, 1.165) is 0 Å². The van der Waals surface area contributed by atoms with Gasteiger partial charge in [-0.25, -0.2) is 0 Å².